The number of hydrogen-bond acceptors (Lipinski definition) is 6. The first-order valence-corrected chi connectivity index (χ1v) is 10.9. The van der Waals surface area contributed by atoms with E-state index in [4.69, 9.17) is 4.74 Å². The van der Waals surface area contributed by atoms with Crippen molar-refractivity contribution in [3.05, 3.63) is 51.7 Å². The van der Waals surface area contributed by atoms with Crippen LogP contribution in [0.2, 0.25) is 0 Å². The predicted octanol–water partition coefficient (Wildman–Crippen LogP) is 2.94. The summed E-state index contributed by atoms with van der Waals surface area (Å²) in [7, 11) is -3.79. The van der Waals surface area contributed by atoms with Crippen molar-refractivity contribution in [2.45, 2.75) is 37.6 Å². The van der Waals surface area contributed by atoms with Gasteiger partial charge in [0.25, 0.3) is 0 Å². The Labute approximate surface area is 162 Å². The highest BCUT2D eigenvalue weighted by Gasteiger charge is 2.40. The zero-order valence-electron chi connectivity index (χ0n) is 15.2. The van der Waals surface area contributed by atoms with Gasteiger partial charge in [0.15, 0.2) is 6.61 Å². The highest BCUT2D eigenvalue weighted by Crippen LogP contribution is 2.27. The van der Waals surface area contributed by atoms with Gasteiger partial charge in [0, 0.05) is 11.4 Å². The van der Waals surface area contributed by atoms with E-state index in [1.165, 1.54) is 27.8 Å². The standard InChI is InChI=1S/C19H21NO5S2/c1-13-5-8-15(9-6-13)27(23,24)20-11-3-4-16(20)19(22)25-12-17(21)18-10-7-14(2)26-18/h5-10,16H,3-4,11-12H2,1-2H3. The average molecular weight is 408 g/mol. The molecule has 2 heterocycles. The third-order valence-electron chi connectivity index (χ3n) is 4.46. The number of benzene rings is 1. The molecule has 6 nitrogen and oxygen atoms in total. The number of carbonyl (C=O) groups excluding carboxylic acids is 2. The van der Waals surface area contributed by atoms with E-state index in [0.29, 0.717) is 17.7 Å². The lowest BCUT2D eigenvalue weighted by Crippen LogP contribution is -2.41. The van der Waals surface area contributed by atoms with Crippen molar-refractivity contribution in [1.29, 1.82) is 0 Å². The zero-order valence-corrected chi connectivity index (χ0v) is 16.8. The summed E-state index contributed by atoms with van der Waals surface area (Å²) in [4.78, 5) is 26.2. The van der Waals surface area contributed by atoms with Crippen molar-refractivity contribution in [1.82, 2.24) is 4.31 Å². The van der Waals surface area contributed by atoms with Crippen molar-refractivity contribution in [3.8, 4) is 0 Å². The van der Waals surface area contributed by atoms with Crippen LogP contribution in [0.25, 0.3) is 0 Å². The number of carbonyl (C=O) groups is 2. The highest BCUT2D eigenvalue weighted by atomic mass is 32.2. The molecule has 0 aliphatic carbocycles. The van der Waals surface area contributed by atoms with Crippen LogP contribution in [0.1, 0.15) is 33.0 Å². The Morgan fingerprint density at radius 3 is 2.48 bits per heavy atom. The topological polar surface area (TPSA) is 80.8 Å². The number of aryl methyl sites for hydroxylation is 2. The minimum atomic E-state index is -3.79. The van der Waals surface area contributed by atoms with Gasteiger partial charge in [-0.15, -0.1) is 11.3 Å². The molecular weight excluding hydrogens is 386 g/mol. The number of sulfonamides is 1. The molecule has 0 radical (unpaired) electrons. The van der Waals surface area contributed by atoms with E-state index in [-0.39, 0.29) is 23.8 Å². The van der Waals surface area contributed by atoms with Crippen LogP contribution in [-0.4, -0.2) is 43.7 Å². The van der Waals surface area contributed by atoms with Crippen molar-refractivity contribution in [2.24, 2.45) is 0 Å². The molecule has 0 spiro atoms. The second-order valence-electron chi connectivity index (χ2n) is 6.53. The SMILES string of the molecule is Cc1ccc(S(=O)(=O)N2CCCC2C(=O)OCC(=O)c2ccc(C)s2)cc1. The summed E-state index contributed by atoms with van der Waals surface area (Å²) in [6.07, 6.45) is 0.957. The monoisotopic (exact) mass is 407 g/mol. The van der Waals surface area contributed by atoms with Crippen LogP contribution < -0.4 is 0 Å². The van der Waals surface area contributed by atoms with E-state index < -0.39 is 22.0 Å². The van der Waals surface area contributed by atoms with Crippen LogP contribution in [0.15, 0.2) is 41.3 Å². The first-order valence-electron chi connectivity index (χ1n) is 8.64. The highest BCUT2D eigenvalue weighted by molar-refractivity contribution is 7.89. The molecule has 3 rings (SSSR count). The Morgan fingerprint density at radius 2 is 1.85 bits per heavy atom. The number of thiophene rings is 1. The second-order valence-corrected chi connectivity index (χ2v) is 9.71. The minimum absolute atomic E-state index is 0.151. The van der Waals surface area contributed by atoms with Gasteiger partial charge in [-0.05, 0) is 51.0 Å². The molecular formula is C19H21NO5S2. The van der Waals surface area contributed by atoms with Gasteiger partial charge in [0.1, 0.15) is 6.04 Å². The lowest BCUT2D eigenvalue weighted by Gasteiger charge is -2.22. The molecule has 0 saturated carbocycles. The number of Topliss-reactive ketones (excluding diaryl/α,β-unsaturated/α-hetero) is 1. The fourth-order valence-electron chi connectivity index (χ4n) is 3.00. The van der Waals surface area contributed by atoms with Gasteiger partial charge in [0.2, 0.25) is 15.8 Å². The minimum Gasteiger partial charge on any atom is -0.456 e. The number of esters is 1. The van der Waals surface area contributed by atoms with E-state index in [0.717, 1.165) is 10.4 Å². The Balaban J connectivity index is 1.69. The third kappa shape index (κ3) is 4.28. The molecule has 1 aliphatic rings. The molecule has 27 heavy (non-hydrogen) atoms. The van der Waals surface area contributed by atoms with Gasteiger partial charge in [0.05, 0.1) is 9.77 Å². The average Bonchev–Trinajstić information content (AvgIpc) is 3.29. The third-order valence-corrected chi connectivity index (χ3v) is 7.43. The number of ether oxygens (including phenoxy) is 1. The summed E-state index contributed by atoms with van der Waals surface area (Å²) in [6.45, 7) is 3.64. The summed E-state index contributed by atoms with van der Waals surface area (Å²) in [5.41, 5.74) is 0.952. The number of nitrogens with zero attached hydrogens (tertiary/aromatic N) is 1. The summed E-state index contributed by atoms with van der Waals surface area (Å²) < 4.78 is 32.1. The largest absolute Gasteiger partial charge is 0.456 e. The van der Waals surface area contributed by atoms with Gasteiger partial charge in [-0.1, -0.05) is 17.7 Å². The maximum absolute atomic E-state index is 12.9. The van der Waals surface area contributed by atoms with Crippen LogP contribution in [0.4, 0.5) is 0 Å². The molecule has 144 valence electrons. The molecule has 0 bridgehead atoms. The summed E-state index contributed by atoms with van der Waals surface area (Å²) in [5, 5.41) is 0. The Kier molecular flexibility index (Phi) is 5.78. The molecule has 1 aromatic heterocycles. The van der Waals surface area contributed by atoms with Crippen molar-refractivity contribution in [3.63, 3.8) is 0 Å². The van der Waals surface area contributed by atoms with E-state index in [9.17, 15) is 18.0 Å². The molecule has 1 unspecified atom stereocenters. The molecule has 2 aromatic rings. The van der Waals surface area contributed by atoms with Gasteiger partial charge >= 0.3 is 5.97 Å². The van der Waals surface area contributed by atoms with Crippen LogP contribution in [0.5, 0.6) is 0 Å². The number of hydrogen-bond donors (Lipinski definition) is 0. The number of ketones is 1. The second kappa shape index (κ2) is 7.92. The summed E-state index contributed by atoms with van der Waals surface area (Å²) in [6, 6.07) is 9.14. The summed E-state index contributed by atoms with van der Waals surface area (Å²) in [5.74, 6) is -0.961. The Morgan fingerprint density at radius 1 is 1.15 bits per heavy atom. The fourth-order valence-corrected chi connectivity index (χ4v) is 5.44. The molecule has 8 heteroatoms. The van der Waals surface area contributed by atoms with Gasteiger partial charge in [-0.2, -0.15) is 4.31 Å². The maximum Gasteiger partial charge on any atom is 0.324 e. The molecule has 0 amide bonds. The van der Waals surface area contributed by atoms with E-state index >= 15 is 0 Å². The number of rotatable bonds is 6. The zero-order chi connectivity index (χ0) is 19.6. The molecule has 1 saturated heterocycles. The Hall–Kier alpha value is -2.03. The molecule has 1 atom stereocenters. The first kappa shape index (κ1) is 19.7. The van der Waals surface area contributed by atoms with E-state index in [1.54, 1.807) is 18.2 Å². The summed E-state index contributed by atoms with van der Waals surface area (Å²) >= 11 is 1.34. The van der Waals surface area contributed by atoms with Crippen molar-refractivity contribution in [2.75, 3.05) is 13.2 Å². The quantitative estimate of drug-likeness (QED) is 0.543. The molecule has 1 aromatic carbocycles. The van der Waals surface area contributed by atoms with Crippen LogP contribution in [0.3, 0.4) is 0 Å². The van der Waals surface area contributed by atoms with Gasteiger partial charge in [-0.25, -0.2) is 8.42 Å². The Bertz CT molecular complexity index is 947. The van der Waals surface area contributed by atoms with Crippen molar-refractivity contribution >= 4 is 33.1 Å². The van der Waals surface area contributed by atoms with Gasteiger partial charge in [-0.3, -0.25) is 9.59 Å². The van der Waals surface area contributed by atoms with Crippen LogP contribution in [0, 0.1) is 13.8 Å². The van der Waals surface area contributed by atoms with Crippen LogP contribution >= 0.6 is 11.3 Å². The fraction of sp³-hybridized carbons (Fsp3) is 0.368. The maximum atomic E-state index is 12.9. The molecule has 0 N–H and O–H groups in total. The molecule has 1 aliphatic heterocycles. The predicted molar refractivity (Wildman–Crippen MR) is 102 cm³/mol. The van der Waals surface area contributed by atoms with Gasteiger partial charge < -0.3 is 4.74 Å². The normalized spacial score (nSPS) is 17.8. The van der Waals surface area contributed by atoms with E-state index in [2.05, 4.69) is 0 Å². The lowest BCUT2D eigenvalue weighted by molar-refractivity contribution is -0.146. The van der Waals surface area contributed by atoms with Crippen LogP contribution in [-0.2, 0) is 19.6 Å². The van der Waals surface area contributed by atoms with Crippen molar-refractivity contribution < 1.29 is 22.7 Å². The van der Waals surface area contributed by atoms with E-state index in [1.807, 2.05) is 19.9 Å². The first-order chi connectivity index (χ1) is 12.8. The lowest BCUT2D eigenvalue weighted by atomic mass is 10.2. The smallest absolute Gasteiger partial charge is 0.324 e. The molecule has 1 fully saturated rings.